The zero-order chi connectivity index (χ0) is 9.54. The van der Waals surface area contributed by atoms with Gasteiger partial charge in [0.2, 0.25) is 0 Å². The predicted octanol–water partition coefficient (Wildman–Crippen LogP) is 0.645. The number of hydrogen-bond donors (Lipinski definition) is 1. The van der Waals surface area contributed by atoms with E-state index in [1.165, 1.54) is 11.0 Å². The highest BCUT2D eigenvalue weighted by Crippen LogP contribution is 2.21. The van der Waals surface area contributed by atoms with Crippen LogP contribution in [0.15, 0.2) is 30.7 Å². The fraction of sp³-hybridized carbons (Fsp3) is 0. The van der Waals surface area contributed by atoms with Crippen molar-refractivity contribution in [1.29, 1.82) is 0 Å². The van der Waals surface area contributed by atoms with Crippen LogP contribution in [0.4, 0.5) is 0 Å². The molecule has 2 aliphatic heterocycles. The zero-order valence-corrected chi connectivity index (χ0v) is 7.25. The van der Waals surface area contributed by atoms with Gasteiger partial charge < -0.3 is 5.84 Å². The van der Waals surface area contributed by atoms with E-state index in [2.05, 4.69) is 15.0 Å². The van der Waals surface area contributed by atoms with E-state index in [1.54, 1.807) is 6.20 Å². The number of nitrogens with two attached hydrogens (primary N) is 1. The first-order chi connectivity index (χ1) is 6.86. The van der Waals surface area contributed by atoms with E-state index in [1.807, 2.05) is 18.2 Å². The largest absolute Gasteiger partial charge is 0.336 e. The Bertz CT molecular complexity index is 571. The number of aromatic nitrogens is 4. The maximum atomic E-state index is 5.85. The molecular weight excluding hydrogens is 178 g/mol. The minimum atomic E-state index is 0.649. The molecule has 3 heterocycles. The molecule has 5 heteroatoms. The van der Waals surface area contributed by atoms with E-state index < -0.39 is 0 Å². The first-order valence-electron chi connectivity index (χ1n) is 4.18. The molecule has 1 aromatic heterocycles. The lowest BCUT2D eigenvalue weighted by molar-refractivity contribution is 0.991. The first kappa shape index (κ1) is 7.25. The molecule has 0 saturated carbocycles. The van der Waals surface area contributed by atoms with Crippen LogP contribution in [-0.2, 0) is 0 Å². The molecule has 5 nitrogen and oxygen atoms in total. The summed E-state index contributed by atoms with van der Waals surface area (Å²) in [4.78, 5) is 12.3. The molecule has 14 heavy (non-hydrogen) atoms. The normalized spacial score (nSPS) is 11.1. The Morgan fingerprint density at radius 2 is 2.14 bits per heavy atom. The molecule has 68 valence electrons. The van der Waals surface area contributed by atoms with E-state index in [9.17, 15) is 0 Å². The summed E-state index contributed by atoms with van der Waals surface area (Å²) in [7, 11) is 0. The van der Waals surface area contributed by atoms with Crippen molar-refractivity contribution in [2.45, 2.75) is 0 Å². The van der Waals surface area contributed by atoms with Gasteiger partial charge in [-0.2, -0.15) is 0 Å². The van der Waals surface area contributed by atoms with E-state index in [0.29, 0.717) is 11.5 Å². The summed E-state index contributed by atoms with van der Waals surface area (Å²) in [6, 6.07) is 5.73. The molecular formula is C9H7N5. The van der Waals surface area contributed by atoms with Gasteiger partial charge in [0, 0.05) is 11.6 Å². The van der Waals surface area contributed by atoms with Crippen molar-refractivity contribution in [2.75, 3.05) is 5.84 Å². The number of rotatable bonds is 0. The van der Waals surface area contributed by atoms with E-state index in [-0.39, 0.29) is 0 Å². The highest BCUT2D eigenvalue weighted by molar-refractivity contribution is 5.81. The maximum Gasteiger partial charge on any atom is 0.180 e. The fourth-order valence-electron chi connectivity index (χ4n) is 1.53. The van der Waals surface area contributed by atoms with Crippen LogP contribution in [-0.4, -0.2) is 19.6 Å². The molecule has 2 N–H and O–H groups in total. The lowest BCUT2D eigenvalue weighted by atomic mass is 10.2. The second-order valence-corrected chi connectivity index (χ2v) is 3.01. The van der Waals surface area contributed by atoms with Crippen molar-refractivity contribution in [1.82, 2.24) is 19.6 Å². The number of nitrogens with zero attached hydrogens (tertiary/aromatic N) is 4. The van der Waals surface area contributed by atoms with Gasteiger partial charge in [-0.05, 0) is 18.2 Å². The van der Waals surface area contributed by atoms with E-state index in [4.69, 9.17) is 5.84 Å². The third-order valence-corrected chi connectivity index (χ3v) is 2.17. The minimum Gasteiger partial charge on any atom is -0.336 e. The van der Waals surface area contributed by atoms with Crippen molar-refractivity contribution in [3.8, 4) is 11.5 Å². The number of nitrogen functional groups attached to an aromatic ring is 1. The lowest BCUT2D eigenvalue weighted by Crippen LogP contribution is -2.14. The molecule has 0 bridgehead atoms. The molecule has 3 rings (SSSR count). The van der Waals surface area contributed by atoms with Crippen LogP contribution in [0.3, 0.4) is 0 Å². The highest BCUT2D eigenvalue weighted by atomic mass is 15.3. The van der Waals surface area contributed by atoms with Crippen LogP contribution in [0.1, 0.15) is 0 Å². The molecule has 1 aromatic rings. The monoisotopic (exact) mass is 185 g/mol. The van der Waals surface area contributed by atoms with Crippen molar-refractivity contribution < 1.29 is 0 Å². The number of fused-ring (bicyclic) bond motifs is 2. The van der Waals surface area contributed by atoms with Crippen LogP contribution in [0, 0.1) is 0 Å². The summed E-state index contributed by atoms with van der Waals surface area (Å²) < 4.78 is 1.46. The third kappa shape index (κ3) is 0.806. The average molecular weight is 185 g/mol. The van der Waals surface area contributed by atoms with E-state index in [0.717, 1.165) is 11.1 Å². The molecule has 0 atom stereocenters. The van der Waals surface area contributed by atoms with Crippen molar-refractivity contribution in [3.63, 3.8) is 0 Å². The Kier molecular flexibility index (Phi) is 1.25. The molecule has 2 aliphatic rings. The second kappa shape index (κ2) is 2.41. The summed E-state index contributed by atoms with van der Waals surface area (Å²) >= 11 is 0. The van der Waals surface area contributed by atoms with Gasteiger partial charge in [0.1, 0.15) is 12.0 Å². The lowest BCUT2D eigenvalue weighted by Gasteiger charge is -2.07. The summed E-state index contributed by atoms with van der Waals surface area (Å²) in [6.45, 7) is 0. The van der Waals surface area contributed by atoms with E-state index >= 15 is 0 Å². The van der Waals surface area contributed by atoms with Crippen LogP contribution in [0.25, 0.3) is 22.6 Å². The summed E-state index contributed by atoms with van der Waals surface area (Å²) in [5.41, 5.74) is 1.49. The first-order valence-corrected chi connectivity index (χ1v) is 4.18. The van der Waals surface area contributed by atoms with Gasteiger partial charge in [0.25, 0.3) is 0 Å². The van der Waals surface area contributed by atoms with Gasteiger partial charge in [0.15, 0.2) is 11.5 Å². The van der Waals surface area contributed by atoms with Crippen LogP contribution < -0.4 is 5.84 Å². The highest BCUT2D eigenvalue weighted by Gasteiger charge is 2.11. The average Bonchev–Trinajstić information content (AvgIpc) is 2.66. The maximum absolute atomic E-state index is 5.85. The topological polar surface area (TPSA) is 69.6 Å². The fourth-order valence-corrected chi connectivity index (χ4v) is 1.53. The quantitative estimate of drug-likeness (QED) is 0.522. The smallest absolute Gasteiger partial charge is 0.180 e. The van der Waals surface area contributed by atoms with Crippen molar-refractivity contribution >= 4 is 11.0 Å². The summed E-state index contributed by atoms with van der Waals surface area (Å²) in [5, 5.41) is 0.961. The molecule has 0 amide bonds. The number of hydrogen-bond acceptors (Lipinski definition) is 4. The van der Waals surface area contributed by atoms with Gasteiger partial charge in [-0.25, -0.2) is 19.6 Å². The number of imidazole rings is 1. The van der Waals surface area contributed by atoms with Crippen LogP contribution in [0.2, 0.25) is 0 Å². The third-order valence-electron chi connectivity index (χ3n) is 2.17. The Labute approximate surface area is 79.5 Å². The summed E-state index contributed by atoms with van der Waals surface area (Å²) in [6.07, 6.45) is 3.20. The van der Waals surface area contributed by atoms with Crippen LogP contribution >= 0.6 is 0 Å². The second-order valence-electron chi connectivity index (χ2n) is 3.01. The predicted molar refractivity (Wildman–Crippen MR) is 52.1 cm³/mol. The van der Waals surface area contributed by atoms with Crippen molar-refractivity contribution in [2.24, 2.45) is 0 Å². The Balaban J connectivity index is 2.58. The zero-order valence-electron chi connectivity index (χ0n) is 7.25. The van der Waals surface area contributed by atoms with Gasteiger partial charge in [-0.3, -0.25) is 0 Å². The number of pyridine rings is 2. The van der Waals surface area contributed by atoms with Gasteiger partial charge >= 0.3 is 0 Å². The minimum absolute atomic E-state index is 0.649. The standard InChI is InChI=1S/C9H7N5/c10-14-8-6(2-1-3-11-8)4-7-9(14)13-5-12-7/h1-5H,10H2. The molecule has 0 unspecified atom stereocenters. The molecule has 0 spiro atoms. The Morgan fingerprint density at radius 3 is 3.07 bits per heavy atom. The molecule has 0 aliphatic carbocycles. The Hall–Kier alpha value is -2.17. The molecule has 0 saturated heterocycles. The van der Waals surface area contributed by atoms with Gasteiger partial charge in [-0.15, -0.1) is 0 Å². The molecule has 0 fully saturated rings. The Morgan fingerprint density at radius 1 is 1.21 bits per heavy atom. The summed E-state index contributed by atoms with van der Waals surface area (Å²) in [5.74, 6) is 6.50. The molecule has 0 radical (unpaired) electrons. The van der Waals surface area contributed by atoms with Crippen LogP contribution in [0.5, 0.6) is 0 Å². The SMILES string of the molecule is Nn1c2ncnc-2cc2cccnc21. The molecule has 0 aromatic carbocycles. The van der Waals surface area contributed by atoms with Gasteiger partial charge in [0.05, 0.1) is 0 Å². The van der Waals surface area contributed by atoms with Crippen molar-refractivity contribution in [3.05, 3.63) is 30.7 Å². The van der Waals surface area contributed by atoms with Gasteiger partial charge in [-0.1, -0.05) is 0 Å².